The highest BCUT2D eigenvalue weighted by atomic mass is 16.7. The van der Waals surface area contributed by atoms with E-state index < -0.39 is 42.5 Å². The molecule has 5 unspecified atom stereocenters. The normalized spacial score (nSPS) is 21.1. The van der Waals surface area contributed by atoms with E-state index >= 15 is 0 Å². The molecule has 2 heterocycles. The first-order valence-corrected chi connectivity index (χ1v) is 16.1. The van der Waals surface area contributed by atoms with Crippen LogP contribution in [0, 0.1) is 0 Å². The van der Waals surface area contributed by atoms with Gasteiger partial charge in [-0.1, -0.05) is 60.5 Å². The van der Waals surface area contributed by atoms with Crippen LogP contribution in [0.3, 0.4) is 0 Å². The summed E-state index contributed by atoms with van der Waals surface area (Å²) < 4.78 is 18.8. The van der Waals surface area contributed by atoms with E-state index in [2.05, 4.69) is 26.3 Å². The second kappa shape index (κ2) is 17.8. The fourth-order valence-electron chi connectivity index (χ4n) is 5.32. The quantitative estimate of drug-likeness (QED) is 0.0814. The van der Waals surface area contributed by atoms with Gasteiger partial charge in [0.1, 0.15) is 43.2 Å². The number of amides is 3. The number of nitrogens with zero attached hydrogens (tertiary/aromatic N) is 3. The number of nitrogens with one attached hydrogen (secondary N) is 3. The van der Waals surface area contributed by atoms with Crippen molar-refractivity contribution >= 4 is 28.5 Å². The molecule has 1 aliphatic rings. The van der Waals surface area contributed by atoms with E-state index in [0.717, 1.165) is 35.6 Å². The van der Waals surface area contributed by atoms with E-state index in [1.165, 1.54) is 6.92 Å². The molecule has 1 saturated heterocycles. The third-order valence-corrected chi connectivity index (χ3v) is 7.72. The van der Waals surface area contributed by atoms with Crippen molar-refractivity contribution in [3.05, 3.63) is 48.7 Å². The summed E-state index contributed by atoms with van der Waals surface area (Å²) in [4.78, 5) is 35.6. The number of ether oxygens (including phenoxy) is 3. The summed E-state index contributed by atoms with van der Waals surface area (Å²) in [5.41, 5.74) is 1.58. The van der Waals surface area contributed by atoms with Gasteiger partial charge in [-0.05, 0) is 37.5 Å². The molecule has 1 fully saturated rings. The van der Waals surface area contributed by atoms with Gasteiger partial charge in [-0.2, -0.15) is 0 Å². The molecule has 14 heteroatoms. The Bertz CT molecular complexity index is 1460. The maximum atomic E-state index is 11.9. The molecule has 3 aromatic rings. The van der Waals surface area contributed by atoms with Crippen molar-refractivity contribution in [2.24, 2.45) is 0 Å². The predicted molar refractivity (Wildman–Crippen MR) is 173 cm³/mol. The van der Waals surface area contributed by atoms with Gasteiger partial charge < -0.3 is 40.4 Å². The first kappa shape index (κ1) is 35.9. The number of aliphatic hydroxyl groups excluding tert-OH is 2. The van der Waals surface area contributed by atoms with Crippen LogP contribution in [-0.2, 0) is 35.1 Å². The van der Waals surface area contributed by atoms with Crippen molar-refractivity contribution in [3.8, 4) is 11.3 Å². The van der Waals surface area contributed by atoms with Gasteiger partial charge in [-0.25, -0.2) is 4.68 Å². The van der Waals surface area contributed by atoms with Crippen molar-refractivity contribution in [2.45, 2.75) is 96.2 Å². The van der Waals surface area contributed by atoms with Crippen LogP contribution in [0.5, 0.6) is 0 Å². The van der Waals surface area contributed by atoms with Crippen LogP contribution in [-0.4, -0.2) is 99.6 Å². The summed E-state index contributed by atoms with van der Waals surface area (Å²) in [6, 6.07) is 13.0. The Labute approximate surface area is 274 Å². The van der Waals surface area contributed by atoms with Gasteiger partial charge in [0, 0.05) is 25.6 Å². The lowest BCUT2D eigenvalue weighted by atomic mass is 9.96. The van der Waals surface area contributed by atoms with Crippen LogP contribution in [0.1, 0.15) is 52.9 Å². The fraction of sp³-hybridized carbons (Fsp3) is 0.545. The summed E-state index contributed by atoms with van der Waals surface area (Å²) in [6.45, 7) is 5.93. The first-order chi connectivity index (χ1) is 22.6. The fourth-order valence-corrected chi connectivity index (χ4v) is 5.32. The molecule has 0 aliphatic carbocycles. The van der Waals surface area contributed by atoms with E-state index in [-0.39, 0.29) is 38.3 Å². The van der Waals surface area contributed by atoms with Gasteiger partial charge in [0.25, 0.3) is 0 Å². The summed E-state index contributed by atoms with van der Waals surface area (Å²) in [5, 5.41) is 40.4. The Kier molecular flexibility index (Phi) is 13.6. The van der Waals surface area contributed by atoms with Crippen LogP contribution >= 0.6 is 0 Å². The number of unbranched alkanes of at least 4 members (excludes halogenated alkanes) is 3. The molecular formula is C33H46N6O8. The van der Waals surface area contributed by atoms with Gasteiger partial charge >= 0.3 is 0 Å². The third kappa shape index (κ3) is 10.8. The molecule has 5 N–H and O–H groups in total. The summed E-state index contributed by atoms with van der Waals surface area (Å²) in [5.74, 6) is -1.13. The molecule has 2 aromatic carbocycles. The predicted octanol–water partition coefficient (Wildman–Crippen LogP) is 1.63. The second-order valence-electron chi connectivity index (χ2n) is 11.9. The van der Waals surface area contributed by atoms with E-state index in [1.807, 2.05) is 56.3 Å². The minimum Gasteiger partial charge on any atom is -0.388 e. The molecule has 0 radical (unpaired) electrons. The topological polar surface area (TPSA) is 186 Å². The molecule has 0 saturated carbocycles. The van der Waals surface area contributed by atoms with Gasteiger partial charge in [0.15, 0.2) is 6.29 Å². The molecule has 47 heavy (non-hydrogen) atoms. The maximum Gasteiger partial charge on any atom is 0.231 e. The number of hydrogen-bond acceptors (Lipinski definition) is 10. The van der Waals surface area contributed by atoms with Crippen LogP contribution < -0.4 is 16.0 Å². The van der Waals surface area contributed by atoms with Crippen LogP contribution in [0.15, 0.2) is 48.7 Å². The molecule has 0 bridgehead atoms. The molecule has 5 atom stereocenters. The smallest absolute Gasteiger partial charge is 0.231 e. The molecule has 1 aliphatic heterocycles. The molecule has 4 rings (SSSR count). The van der Waals surface area contributed by atoms with E-state index in [4.69, 9.17) is 14.2 Å². The lowest BCUT2D eigenvalue weighted by Crippen LogP contribution is -2.64. The number of fused-ring (bicyclic) bond motifs is 1. The van der Waals surface area contributed by atoms with Crippen LogP contribution in [0.4, 0.5) is 0 Å². The third-order valence-electron chi connectivity index (χ3n) is 7.72. The van der Waals surface area contributed by atoms with Crippen molar-refractivity contribution in [1.29, 1.82) is 0 Å². The highest BCUT2D eigenvalue weighted by molar-refractivity contribution is 5.97. The Balaban J connectivity index is 1.23. The lowest BCUT2D eigenvalue weighted by Gasteiger charge is -2.42. The van der Waals surface area contributed by atoms with Gasteiger partial charge in [-0.3, -0.25) is 14.4 Å². The molecular weight excluding hydrogens is 608 g/mol. The highest BCUT2D eigenvalue weighted by Gasteiger charge is 2.45. The van der Waals surface area contributed by atoms with E-state index in [0.29, 0.717) is 18.7 Å². The minimum absolute atomic E-state index is 0.0127. The molecule has 14 nitrogen and oxygen atoms in total. The summed E-state index contributed by atoms with van der Waals surface area (Å²) >= 11 is 0. The molecule has 256 valence electrons. The zero-order chi connectivity index (χ0) is 33.8. The molecule has 3 amide bonds. The Morgan fingerprint density at radius 2 is 1.72 bits per heavy atom. The standard InChI is InChI=1S/C33H46N6O8/c1-21(2)46-20-35-29(42)17-28(41)34-15-8-4-5-9-16-45-33-30(36-22(3)40)32(44)31(43)27(47-33)19-39-18-26(37-38-39)25-14-10-12-23-11-6-7-13-24(23)25/h6-7,10-14,18,21,27,30-33,43-44H,4-5,8-9,15-17,19-20H2,1-3H3,(H,34,41)(H,35,42)(H,36,40). The van der Waals surface area contributed by atoms with Crippen molar-refractivity contribution < 1.29 is 38.8 Å². The zero-order valence-corrected chi connectivity index (χ0v) is 27.1. The van der Waals surface area contributed by atoms with Gasteiger partial charge in [0.05, 0.1) is 18.8 Å². The largest absolute Gasteiger partial charge is 0.388 e. The average Bonchev–Trinajstić information content (AvgIpc) is 3.50. The van der Waals surface area contributed by atoms with E-state index in [1.54, 1.807) is 10.9 Å². The SMILES string of the molecule is CC(=O)NC1C(OCCCCCCNC(=O)CC(=O)NCOC(C)C)OC(Cn2cc(-c3cccc4ccccc34)nn2)C(O)C1O. The Morgan fingerprint density at radius 1 is 0.979 bits per heavy atom. The van der Waals surface area contributed by atoms with Crippen LogP contribution in [0.25, 0.3) is 22.0 Å². The summed E-state index contributed by atoms with van der Waals surface area (Å²) in [7, 11) is 0. The van der Waals surface area contributed by atoms with Crippen molar-refractivity contribution in [1.82, 2.24) is 30.9 Å². The first-order valence-electron chi connectivity index (χ1n) is 16.1. The number of aromatic nitrogens is 3. The number of carbonyl (C=O) groups excluding carboxylic acids is 3. The van der Waals surface area contributed by atoms with E-state index in [9.17, 15) is 24.6 Å². The number of aliphatic hydroxyl groups is 2. The van der Waals surface area contributed by atoms with Crippen LogP contribution in [0.2, 0.25) is 0 Å². The van der Waals surface area contributed by atoms with Gasteiger partial charge in [-0.15, -0.1) is 5.10 Å². The number of carbonyl (C=O) groups is 3. The monoisotopic (exact) mass is 654 g/mol. The summed E-state index contributed by atoms with van der Waals surface area (Å²) in [6.07, 6.45) is -0.0289. The number of benzene rings is 2. The lowest BCUT2D eigenvalue weighted by molar-refractivity contribution is -0.267. The Hall–Kier alpha value is -3.95. The van der Waals surface area contributed by atoms with Crippen molar-refractivity contribution in [3.63, 3.8) is 0 Å². The number of rotatable bonds is 17. The highest BCUT2D eigenvalue weighted by Crippen LogP contribution is 2.28. The Morgan fingerprint density at radius 3 is 2.51 bits per heavy atom. The minimum atomic E-state index is -1.34. The van der Waals surface area contributed by atoms with Crippen molar-refractivity contribution in [2.75, 3.05) is 19.9 Å². The molecule has 0 spiro atoms. The van der Waals surface area contributed by atoms with Gasteiger partial charge in [0.2, 0.25) is 17.7 Å². The maximum absolute atomic E-state index is 11.9. The average molecular weight is 655 g/mol. The number of hydrogen-bond donors (Lipinski definition) is 5. The molecule has 1 aromatic heterocycles. The zero-order valence-electron chi connectivity index (χ0n) is 27.1. The second-order valence-corrected chi connectivity index (χ2v) is 11.9.